The molecule has 2 aliphatic carbocycles. The fourth-order valence-electron chi connectivity index (χ4n) is 2.75. The monoisotopic (exact) mass is 225 g/mol. The third-order valence-corrected chi connectivity index (χ3v) is 3.98. The fourth-order valence-corrected chi connectivity index (χ4v) is 2.75. The first-order chi connectivity index (χ1) is 7.75. The molecular weight excluding hydrogens is 206 g/mol. The summed E-state index contributed by atoms with van der Waals surface area (Å²) >= 11 is 0. The zero-order chi connectivity index (χ0) is 11.1. The number of carboxylic acid groups (broad SMARTS) is 1. The number of carbonyl (C=O) groups is 1. The summed E-state index contributed by atoms with van der Waals surface area (Å²) in [7, 11) is 0. The van der Waals surface area contributed by atoms with Gasteiger partial charge in [0.05, 0.1) is 6.10 Å². The van der Waals surface area contributed by atoms with Crippen molar-refractivity contribution in [1.29, 1.82) is 0 Å². The zero-order valence-corrected chi connectivity index (χ0v) is 9.39. The zero-order valence-electron chi connectivity index (χ0n) is 9.39. The lowest BCUT2D eigenvalue weighted by Crippen LogP contribution is -2.48. The number of ether oxygens (including phenoxy) is 1. The van der Waals surface area contributed by atoms with Crippen molar-refractivity contribution in [2.75, 3.05) is 6.61 Å². The lowest BCUT2D eigenvalue weighted by atomic mass is 10.0. The molecule has 3 unspecified atom stereocenters. The second-order valence-electron chi connectivity index (χ2n) is 5.39. The normalized spacial score (nSPS) is 36.2. The Morgan fingerprint density at radius 1 is 1.25 bits per heavy atom. The fraction of sp³-hybridized carbons (Fsp3) is 0.917. The molecular formula is C12H19NO3. The average Bonchev–Trinajstić information content (AvgIpc) is 3.14. The van der Waals surface area contributed by atoms with Gasteiger partial charge < -0.3 is 9.84 Å². The van der Waals surface area contributed by atoms with Crippen LogP contribution >= 0.6 is 0 Å². The summed E-state index contributed by atoms with van der Waals surface area (Å²) in [6.45, 7) is 0.788. The highest BCUT2D eigenvalue weighted by Gasteiger charge is 2.44. The smallest absolute Gasteiger partial charge is 0.320 e. The summed E-state index contributed by atoms with van der Waals surface area (Å²) in [6.07, 6.45) is 5.88. The number of nitrogens with one attached hydrogen (secondary N) is 1. The van der Waals surface area contributed by atoms with Crippen LogP contribution in [0.2, 0.25) is 0 Å². The van der Waals surface area contributed by atoms with Crippen molar-refractivity contribution in [1.82, 2.24) is 5.32 Å². The number of aliphatic carboxylic acids is 1. The molecule has 90 valence electrons. The summed E-state index contributed by atoms with van der Waals surface area (Å²) < 4.78 is 5.71. The SMILES string of the molecule is O=C(O)C(NC1CCOC1C1CC1)C1CC1. The molecule has 16 heavy (non-hydrogen) atoms. The van der Waals surface area contributed by atoms with Gasteiger partial charge in [-0.05, 0) is 43.9 Å². The maximum atomic E-state index is 11.2. The molecule has 0 amide bonds. The van der Waals surface area contributed by atoms with Crippen molar-refractivity contribution in [3.63, 3.8) is 0 Å². The molecule has 3 atom stereocenters. The van der Waals surface area contributed by atoms with Crippen LogP contribution < -0.4 is 5.32 Å². The molecule has 4 nitrogen and oxygen atoms in total. The molecule has 2 saturated carbocycles. The molecule has 0 aromatic carbocycles. The van der Waals surface area contributed by atoms with Crippen LogP contribution in [0, 0.1) is 11.8 Å². The van der Waals surface area contributed by atoms with Crippen LogP contribution in [0.5, 0.6) is 0 Å². The van der Waals surface area contributed by atoms with Crippen LogP contribution in [0.15, 0.2) is 0 Å². The van der Waals surface area contributed by atoms with Gasteiger partial charge in [0.2, 0.25) is 0 Å². The molecule has 0 radical (unpaired) electrons. The van der Waals surface area contributed by atoms with E-state index in [0.717, 1.165) is 25.9 Å². The maximum Gasteiger partial charge on any atom is 0.320 e. The van der Waals surface area contributed by atoms with Crippen LogP contribution in [-0.4, -0.2) is 35.9 Å². The van der Waals surface area contributed by atoms with E-state index < -0.39 is 5.97 Å². The minimum absolute atomic E-state index is 0.272. The molecule has 3 fully saturated rings. The van der Waals surface area contributed by atoms with Gasteiger partial charge in [0.25, 0.3) is 0 Å². The molecule has 2 N–H and O–H groups in total. The van der Waals surface area contributed by atoms with Gasteiger partial charge in [-0.2, -0.15) is 0 Å². The second kappa shape index (κ2) is 4.00. The number of hydrogen-bond donors (Lipinski definition) is 2. The Morgan fingerprint density at radius 2 is 2.00 bits per heavy atom. The predicted octanol–water partition coefficient (Wildman–Crippen LogP) is 1.01. The van der Waals surface area contributed by atoms with E-state index in [1.165, 1.54) is 12.8 Å². The van der Waals surface area contributed by atoms with Crippen LogP contribution in [0.25, 0.3) is 0 Å². The predicted molar refractivity (Wildman–Crippen MR) is 58.2 cm³/mol. The van der Waals surface area contributed by atoms with Gasteiger partial charge in [0.15, 0.2) is 0 Å². The van der Waals surface area contributed by atoms with Gasteiger partial charge in [-0.25, -0.2) is 0 Å². The first kappa shape index (κ1) is 10.5. The minimum atomic E-state index is -0.691. The maximum absolute atomic E-state index is 11.2. The molecule has 3 aliphatic rings. The van der Waals surface area contributed by atoms with E-state index in [9.17, 15) is 9.90 Å². The summed E-state index contributed by atoms with van der Waals surface area (Å²) in [5, 5.41) is 12.5. The Balaban J connectivity index is 1.60. The third-order valence-electron chi connectivity index (χ3n) is 3.98. The first-order valence-corrected chi connectivity index (χ1v) is 6.36. The van der Waals surface area contributed by atoms with Gasteiger partial charge in [0, 0.05) is 12.6 Å². The molecule has 0 bridgehead atoms. The summed E-state index contributed by atoms with van der Waals surface area (Å²) in [6, 6.07) is -0.0675. The van der Waals surface area contributed by atoms with E-state index in [4.69, 9.17) is 4.74 Å². The molecule has 0 spiro atoms. The topological polar surface area (TPSA) is 58.6 Å². The van der Waals surface area contributed by atoms with Crippen molar-refractivity contribution in [2.24, 2.45) is 11.8 Å². The summed E-state index contributed by atoms with van der Waals surface area (Å²) in [5.74, 6) is 0.357. The third kappa shape index (κ3) is 2.09. The van der Waals surface area contributed by atoms with Crippen molar-refractivity contribution < 1.29 is 14.6 Å². The molecule has 4 heteroatoms. The standard InChI is InChI=1S/C12H19NO3/c14-12(15)10(7-1-2-7)13-9-5-6-16-11(9)8-3-4-8/h7-11,13H,1-6H2,(H,14,15). The van der Waals surface area contributed by atoms with E-state index in [-0.39, 0.29) is 18.2 Å². The summed E-state index contributed by atoms with van der Waals surface area (Å²) in [4.78, 5) is 11.2. The Bertz CT molecular complexity index is 286. The Kier molecular flexibility index (Phi) is 2.64. The highest BCUT2D eigenvalue weighted by Crippen LogP contribution is 2.40. The average molecular weight is 225 g/mol. The molecule has 0 aromatic rings. The molecule has 1 heterocycles. The van der Waals surface area contributed by atoms with E-state index in [0.29, 0.717) is 11.8 Å². The van der Waals surface area contributed by atoms with Crippen LogP contribution in [-0.2, 0) is 9.53 Å². The number of rotatable bonds is 5. The Labute approximate surface area is 95.4 Å². The van der Waals surface area contributed by atoms with E-state index in [2.05, 4.69) is 5.32 Å². The van der Waals surface area contributed by atoms with Crippen molar-refractivity contribution in [2.45, 2.75) is 50.3 Å². The Hall–Kier alpha value is -0.610. The van der Waals surface area contributed by atoms with Gasteiger partial charge in [-0.3, -0.25) is 10.1 Å². The van der Waals surface area contributed by atoms with Crippen LogP contribution in [0.1, 0.15) is 32.1 Å². The highest BCUT2D eigenvalue weighted by atomic mass is 16.5. The van der Waals surface area contributed by atoms with Gasteiger partial charge >= 0.3 is 5.97 Å². The Morgan fingerprint density at radius 3 is 2.56 bits per heavy atom. The van der Waals surface area contributed by atoms with E-state index in [1.54, 1.807) is 0 Å². The minimum Gasteiger partial charge on any atom is -0.480 e. The number of hydrogen-bond acceptors (Lipinski definition) is 3. The van der Waals surface area contributed by atoms with Crippen LogP contribution in [0.4, 0.5) is 0 Å². The largest absolute Gasteiger partial charge is 0.480 e. The van der Waals surface area contributed by atoms with Gasteiger partial charge in [-0.1, -0.05) is 0 Å². The molecule has 0 aromatic heterocycles. The molecule has 3 rings (SSSR count). The van der Waals surface area contributed by atoms with Crippen molar-refractivity contribution in [3.8, 4) is 0 Å². The molecule has 1 aliphatic heterocycles. The highest BCUT2D eigenvalue weighted by molar-refractivity contribution is 5.74. The van der Waals surface area contributed by atoms with E-state index in [1.807, 2.05) is 0 Å². The summed E-state index contributed by atoms with van der Waals surface area (Å²) in [5.41, 5.74) is 0. The lowest BCUT2D eigenvalue weighted by molar-refractivity contribution is -0.140. The molecule has 1 saturated heterocycles. The second-order valence-corrected chi connectivity index (χ2v) is 5.39. The lowest BCUT2D eigenvalue weighted by Gasteiger charge is -2.23. The van der Waals surface area contributed by atoms with Gasteiger partial charge in [0.1, 0.15) is 6.04 Å². The van der Waals surface area contributed by atoms with Crippen molar-refractivity contribution in [3.05, 3.63) is 0 Å². The van der Waals surface area contributed by atoms with Crippen molar-refractivity contribution >= 4 is 5.97 Å². The first-order valence-electron chi connectivity index (χ1n) is 6.36. The van der Waals surface area contributed by atoms with Crippen LogP contribution in [0.3, 0.4) is 0 Å². The quantitative estimate of drug-likeness (QED) is 0.733. The van der Waals surface area contributed by atoms with E-state index >= 15 is 0 Å². The van der Waals surface area contributed by atoms with Gasteiger partial charge in [-0.15, -0.1) is 0 Å². The number of carboxylic acids is 1.